The van der Waals surface area contributed by atoms with E-state index in [0.29, 0.717) is 0 Å². The number of nitrogens with one attached hydrogen (secondary N) is 1. The predicted octanol–water partition coefficient (Wildman–Crippen LogP) is 3.58. The van der Waals surface area contributed by atoms with E-state index in [2.05, 4.69) is 57.6 Å². The standard InChI is InChI=1S/C25H34N4O2/c1-31-24-10-8-23(9-11-24)28-16-12-22(13-17-28)26-25(30)29-15-5-14-27(18-19-29)20-21-6-3-2-4-7-21/h2-4,6-11,22H,5,12-20H2,1H3,(H,26,30). The van der Waals surface area contributed by atoms with Crippen molar-refractivity contribution in [2.24, 2.45) is 0 Å². The highest BCUT2D eigenvalue weighted by Gasteiger charge is 2.24. The van der Waals surface area contributed by atoms with Crippen molar-refractivity contribution in [3.8, 4) is 5.75 Å². The minimum atomic E-state index is 0.101. The van der Waals surface area contributed by atoms with Crippen LogP contribution in [-0.2, 0) is 6.54 Å². The van der Waals surface area contributed by atoms with Gasteiger partial charge in [0.1, 0.15) is 5.75 Å². The van der Waals surface area contributed by atoms with Gasteiger partial charge >= 0.3 is 6.03 Å². The van der Waals surface area contributed by atoms with Crippen molar-refractivity contribution in [2.75, 3.05) is 51.3 Å². The van der Waals surface area contributed by atoms with Gasteiger partial charge in [-0.15, -0.1) is 0 Å². The van der Waals surface area contributed by atoms with Gasteiger partial charge < -0.3 is 19.9 Å². The third-order valence-electron chi connectivity index (χ3n) is 6.38. The van der Waals surface area contributed by atoms with Crippen LogP contribution in [0.25, 0.3) is 0 Å². The third-order valence-corrected chi connectivity index (χ3v) is 6.38. The maximum atomic E-state index is 12.9. The second-order valence-electron chi connectivity index (χ2n) is 8.51. The number of piperidine rings is 1. The van der Waals surface area contributed by atoms with Gasteiger partial charge in [0.15, 0.2) is 0 Å². The van der Waals surface area contributed by atoms with E-state index in [4.69, 9.17) is 4.74 Å². The lowest BCUT2D eigenvalue weighted by atomic mass is 10.0. The zero-order valence-electron chi connectivity index (χ0n) is 18.5. The number of amides is 2. The van der Waals surface area contributed by atoms with E-state index in [-0.39, 0.29) is 12.1 Å². The van der Waals surface area contributed by atoms with Crippen LogP contribution in [0, 0.1) is 0 Å². The lowest BCUT2D eigenvalue weighted by Gasteiger charge is -2.35. The van der Waals surface area contributed by atoms with Crippen LogP contribution in [-0.4, -0.2) is 68.3 Å². The fourth-order valence-corrected chi connectivity index (χ4v) is 4.51. The van der Waals surface area contributed by atoms with E-state index >= 15 is 0 Å². The molecule has 2 aliphatic rings. The highest BCUT2D eigenvalue weighted by molar-refractivity contribution is 5.74. The number of hydrogen-bond acceptors (Lipinski definition) is 4. The molecule has 166 valence electrons. The van der Waals surface area contributed by atoms with Crippen molar-refractivity contribution in [2.45, 2.75) is 31.8 Å². The molecule has 2 heterocycles. The molecule has 0 bridgehead atoms. The van der Waals surface area contributed by atoms with Crippen LogP contribution in [0.1, 0.15) is 24.8 Å². The maximum Gasteiger partial charge on any atom is 0.317 e. The zero-order chi connectivity index (χ0) is 21.5. The molecule has 0 aromatic heterocycles. The van der Waals surface area contributed by atoms with Crippen molar-refractivity contribution < 1.29 is 9.53 Å². The van der Waals surface area contributed by atoms with Crippen LogP contribution in [0.2, 0.25) is 0 Å². The first kappa shape index (κ1) is 21.5. The summed E-state index contributed by atoms with van der Waals surface area (Å²) in [6, 6.07) is 19.2. The average molecular weight is 423 g/mol. The van der Waals surface area contributed by atoms with Gasteiger partial charge in [0.2, 0.25) is 0 Å². The van der Waals surface area contributed by atoms with Gasteiger partial charge in [0, 0.05) is 57.5 Å². The number of methoxy groups -OCH3 is 1. The number of hydrogen-bond donors (Lipinski definition) is 1. The van der Waals surface area contributed by atoms with Gasteiger partial charge in [-0.25, -0.2) is 4.79 Å². The first-order valence-electron chi connectivity index (χ1n) is 11.4. The Hall–Kier alpha value is -2.73. The number of benzene rings is 2. The quantitative estimate of drug-likeness (QED) is 0.800. The third kappa shape index (κ3) is 5.91. The largest absolute Gasteiger partial charge is 0.497 e. The van der Waals surface area contributed by atoms with Gasteiger partial charge in [-0.1, -0.05) is 30.3 Å². The van der Waals surface area contributed by atoms with Crippen LogP contribution < -0.4 is 15.0 Å². The average Bonchev–Trinajstić information content (AvgIpc) is 3.06. The molecule has 2 aliphatic heterocycles. The summed E-state index contributed by atoms with van der Waals surface area (Å²) < 4.78 is 5.25. The first-order chi connectivity index (χ1) is 15.2. The number of ether oxygens (including phenoxy) is 1. The molecule has 0 radical (unpaired) electrons. The van der Waals surface area contributed by atoms with Crippen LogP contribution in [0.3, 0.4) is 0 Å². The fraction of sp³-hybridized carbons (Fsp3) is 0.480. The molecule has 1 N–H and O–H groups in total. The summed E-state index contributed by atoms with van der Waals surface area (Å²) in [5.74, 6) is 0.880. The summed E-state index contributed by atoms with van der Waals surface area (Å²) in [4.78, 5) is 19.7. The SMILES string of the molecule is COc1ccc(N2CCC(NC(=O)N3CCCN(Cc4ccccc4)CC3)CC2)cc1. The summed E-state index contributed by atoms with van der Waals surface area (Å²) >= 11 is 0. The Bertz CT molecular complexity index is 819. The summed E-state index contributed by atoms with van der Waals surface area (Å²) in [7, 11) is 1.69. The highest BCUT2D eigenvalue weighted by atomic mass is 16.5. The molecule has 0 spiro atoms. The molecular formula is C25H34N4O2. The number of rotatable bonds is 5. The summed E-state index contributed by atoms with van der Waals surface area (Å²) in [5.41, 5.74) is 2.56. The maximum absolute atomic E-state index is 12.9. The number of urea groups is 1. The molecule has 0 unspecified atom stereocenters. The summed E-state index contributed by atoms with van der Waals surface area (Å²) in [6.45, 7) is 6.48. The second kappa shape index (κ2) is 10.5. The zero-order valence-corrected chi connectivity index (χ0v) is 18.5. The Morgan fingerprint density at radius 2 is 1.68 bits per heavy atom. The Kier molecular flexibility index (Phi) is 7.30. The molecule has 2 fully saturated rings. The predicted molar refractivity (Wildman–Crippen MR) is 125 cm³/mol. The smallest absolute Gasteiger partial charge is 0.317 e. The number of anilines is 1. The molecule has 2 saturated heterocycles. The van der Waals surface area contributed by atoms with Gasteiger partial charge in [-0.3, -0.25) is 4.90 Å². The molecule has 2 amide bonds. The molecule has 2 aromatic rings. The minimum Gasteiger partial charge on any atom is -0.497 e. The van der Waals surface area contributed by atoms with Crippen molar-refractivity contribution >= 4 is 11.7 Å². The monoisotopic (exact) mass is 422 g/mol. The number of carbonyl (C=O) groups is 1. The Morgan fingerprint density at radius 3 is 2.39 bits per heavy atom. The molecule has 6 nitrogen and oxygen atoms in total. The highest BCUT2D eigenvalue weighted by Crippen LogP contribution is 2.23. The fourth-order valence-electron chi connectivity index (χ4n) is 4.51. The van der Waals surface area contributed by atoms with Crippen molar-refractivity contribution in [3.05, 3.63) is 60.2 Å². The van der Waals surface area contributed by atoms with E-state index in [9.17, 15) is 4.79 Å². The molecule has 4 rings (SSSR count). The Balaban J connectivity index is 1.21. The van der Waals surface area contributed by atoms with Crippen LogP contribution >= 0.6 is 0 Å². The molecule has 0 saturated carbocycles. The van der Waals surface area contributed by atoms with E-state index in [1.807, 2.05) is 17.0 Å². The summed E-state index contributed by atoms with van der Waals surface area (Å²) in [6.07, 6.45) is 2.98. The lowest BCUT2D eigenvalue weighted by molar-refractivity contribution is 0.191. The molecule has 6 heteroatoms. The Morgan fingerprint density at radius 1 is 0.935 bits per heavy atom. The van der Waals surface area contributed by atoms with E-state index in [1.165, 1.54) is 11.3 Å². The van der Waals surface area contributed by atoms with Crippen LogP contribution in [0.4, 0.5) is 10.5 Å². The van der Waals surface area contributed by atoms with E-state index in [1.54, 1.807) is 7.11 Å². The van der Waals surface area contributed by atoms with Crippen LogP contribution in [0.5, 0.6) is 5.75 Å². The van der Waals surface area contributed by atoms with Gasteiger partial charge in [-0.05, 0) is 49.1 Å². The lowest BCUT2D eigenvalue weighted by Crippen LogP contribution is -2.50. The minimum absolute atomic E-state index is 0.101. The van der Waals surface area contributed by atoms with Gasteiger partial charge in [0.05, 0.1) is 7.11 Å². The van der Waals surface area contributed by atoms with Crippen molar-refractivity contribution in [3.63, 3.8) is 0 Å². The van der Waals surface area contributed by atoms with E-state index in [0.717, 1.165) is 70.8 Å². The molecular weight excluding hydrogens is 388 g/mol. The molecule has 31 heavy (non-hydrogen) atoms. The number of carbonyl (C=O) groups excluding carboxylic acids is 1. The normalized spacial score (nSPS) is 18.5. The van der Waals surface area contributed by atoms with Crippen LogP contribution in [0.15, 0.2) is 54.6 Å². The molecule has 0 atom stereocenters. The van der Waals surface area contributed by atoms with Gasteiger partial charge in [-0.2, -0.15) is 0 Å². The van der Waals surface area contributed by atoms with Crippen molar-refractivity contribution in [1.82, 2.24) is 15.1 Å². The first-order valence-corrected chi connectivity index (χ1v) is 11.4. The molecule has 2 aromatic carbocycles. The Labute approximate surface area is 185 Å². The summed E-state index contributed by atoms with van der Waals surface area (Å²) in [5, 5.41) is 3.29. The van der Waals surface area contributed by atoms with Gasteiger partial charge in [0.25, 0.3) is 0 Å². The molecule has 0 aliphatic carbocycles. The number of nitrogens with zero attached hydrogens (tertiary/aromatic N) is 3. The van der Waals surface area contributed by atoms with Crippen molar-refractivity contribution in [1.29, 1.82) is 0 Å². The van der Waals surface area contributed by atoms with E-state index < -0.39 is 0 Å². The topological polar surface area (TPSA) is 48.1 Å². The second-order valence-corrected chi connectivity index (χ2v) is 8.51.